The van der Waals surface area contributed by atoms with Crippen LogP contribution in [0.3, 0.4) is 0 Å². The van der Waals surface area contributed by atoms with Crippen LogP contribution in [0, 0.1) is 16.7 Å². The predicted molar refractivity (Wildman–Crippen MR) is 208 cm³/mol. The highest BCUT2D eigenvalue weighted by molar-refractivity contribution is 5.97. The summed E-state index contributed by atoms with van der Waals surface area (Å²) >= 11 is 0. The summed E-state index contributed by atoms with van der Waals surface area (Å²) in [4.78, 5) is 70.0. The second-order valence-electron chi connectivity index (χ2n) is 16.8. The minimum Gasteiger partial charge on any atom is -0.456 e. The van der Waals surface area contributed by atoms with Crippen LogP contribution in [0.2, 0.25) is 0 Å². The second kappa shape index (κ2) is 15.4. The van der Waals surface area contributed by atoms with Crippen LogP contribution in [-0.4, -0.2) is 104 Å². The molecule has 14 nitrogen and oxygen atoms in total. The number of hydrogen-bond donors (Lipinski definition) is 5. The van der Waals surface area contributed by atoms with E-state index < -0.39 is 107 Å². The highest BCUT2D eigenvalue weighted by Crippen LogP contribution is 2.64. The SMILES string of the molecule is CC(=O)O[C@@]12CO[C@@H]1C[C@H](O)[C@@]1(C)C(=O)[C@H](O)C3=C(C)[C@@H](OC(=O)[C@H](NC(=O)c4ccccc4)[C@@H](O)c4ccccc4)C[C@](O)([C@@H](OC(=O)c4ccccc4)[C@H]21)C3(C)C. The van der Waals surface area contributed by atoms with Gasteiger partial charge in [0.15, 0.2) is 17.4 Å². The Hall–Kier alpha value is -5.25. The van der Waals surface area contributed by atoms with Gasteiger partial charge in [0.1, 0.15) is 36.1 Å². The molecule has 14 heteroatoms. The summed E-state index contributed by atoms with van der Waals surface area (Å²) in [5.74, 6) is -5.91. The lowest BCUT2D eigenvalue weighted by molar-refractivity contribution is -0.346. The average molecular weight is 812 g/mol. The Morgan fingerprint density at radius 2 is 1.44 bits per heavy atom. The van der Waals surface area contributed by atoms with Crippen molar-refractivity contribution in [2.75, 3.05) is 6.61 Å². The summed E-state index contributed by atoms with van der Waals surface area (Å²) in [7, 11) is 0. The van der Waals surface area contributed by atoms with E-state index in [-0.39, 0.29) is 40.9 Å². The number of ketones is 1. The number of carbonyl (C=O) groups excluding carboxylic acids is 5. The number of hydrogen-bond acceptors (Lipinski definition) is 13. The van der Waals surface area contributed by atoms with Crippen LogP contribution in [0.5, 0.6) is 0 Å². The van der Waals surface area contributed by atoms with Crippen LogP contribution in [0.4, 0.5) is 0 Å². The first-order valence-electron chi connectivity index (χ1n) is 19.6. The Labute approximate surface area is 341 Å². The monoisotopic (exact) mass is 811 g/mol. The van der Waals surface area contributed by atoms with Gasteiger partial charge in [0.25, 0.3) is 5.91 Å². The zero-order chi connectivity index (χ0) is 42.7. The molecule has 3 fully saturated rings. The van der Waals surface area contributed by atoms with Gasteiger partial charge in [-0.15, -0.1) is 0 Å². The standard InChI is InChI=1S/C45H49NO13/c1-24-29(57-41(54)33(34(49)26-15-9-6-10-16-26)46-39(52)27-17-11-7-12-18-27)22-45(55)38(58-40(53)28-19-13-8-14-20-28)36-43(5,37(51)35(50)32(24)42(45,3)4)30(48)21-31-44(36,23-56-31)59-25(2)47/h6-20,29-31,33-36,38,48-50,55H,21-23H2,1-5H3,(H,46,52)/t29-,30-,31+,33+,34-,35+,36-,38-,43+,44-,45-/m0/s1. The molecule has 5 N–H and O–H groups in total. The minimum atomic E-state index is -2.35. The molecule has 2 saturated carbocycles. The fourth-order valence-corrected chi connectivity index (χ4v) is 9.91. The fourth-order valence-electron chi connectivity index (χ4n) is 9.91. The molecular formula is C45H49NO13. The Balaban J connectivity index is 1.37. The molecule has 1 amide bonds. The average Bonchev–Trinajstić information content (AvgIpc) is 3.21. The van der Waals surface area contributed by atoms with Crippen LogP contribution in [0.15, 0.2) is 102 Å². The van der Waals surface area contributed by atoms with E-state index in [9.17, 15) is 39.6 Å². The number of rotatable bonds is 9. The highest BCUT2D eigenvalue weighted by atomic mass is 16.6. The van der Waals surface area contributed by atoms with Gasteiger partial charge in [0.05, 0.1) is 29.6 Å². The molecule has 1 saturated heterocycles. The first-order valence-corrected chi connectivity index (χ1v) is 19.6. The van der Waals surface area contributed by atoms with E-state index in [1.807, 2.05) is 0 Å². The largest absolute Gasteiger partial charge is 0.456 e. The van der Waals surface area contributed by atoms with Gasteiger partial charge in [-0.3, -0.25) is 14.4 Å². The molecule has 7 rings (SSSR count). The molecule has 0 radical (unpaired) electrons. The Kier molecular flexibility index (Phi) is 10.9. The molecule has 0 aromatic heterocycles. The maximum atomic E-state index is 15.0. The van der Waals surface area contributed by atoms with E-state index in [4.69, 9.17) is 18.9 Å². The third-order valence-corrected chi connectivity index (χ3v) is 13.2. The van der Waals surface area contributed by atoms with Crippen molar-refractivity contribution in [2.45, 2.75) is 101 Å². The first-order chi connectivity index (χ1) is 27.9. The number of carbonyl (C=O) groups is 5. The molecule has 3 aromatic rings. The van der Waals surface area contributed by atoms with Crippen molar-refractivity contribution < 1.29 is 63.3 Å². The zero-order valence-electron chi connectivity index (χ0n) is 33.4. The molecule has 0 spiro atoms. The molecular weight excluding hydrogens is 762 g/mol. The number of esters is 3. The normalized spacial score (nSPS) is 33.0. The number of fused-ring (bicyclic) bond motifs is 5. The van der Waals surface area contributed by atoms with Gasteiger partial charge in [-0.2, -0.15) is 0 Å². The van der Waals surface area contributed by atoms with E-state index in [1.54, 1.807) is 80.6 Å². The van der Waals surface area contributed by atoms with Gasteiger partial charge in [-0.1, -0.05) is 80.6 Å². The summed E-state index contributed by atoms with van der Waals surface area (Å²) in [6.07, 6.45) is -10.1. The summed E-state index contributed by atoms with van der Waals surface area (Å²) in [6.45, 7) is 6.90. The lowest BCUT2D eigenvalue weighted by Gasteiger charge is -2.67. The lowest BCUT2D eigenvalue weighted by atomic mass is 9.44. The Morgan fingerprint density at radius 1 is 0.864 bits per heavy atom. The van der Waals surface area contributed by atoms with Gasteiger partial charge in [0, 0.05) is 30.7 Å². The fraction of sp³-hybridized carbons (Fsp3) is 0.444. The van der Waals surface area contributed by atoms with Crippen LogP contribution in [0.25, 0.3) is 0 Å². The number of benzene rings is 3. The smallest absolute Gasteiger partial charge is 0.338 e. The molecule has 3 aliphatic carbocycles. The Bertz CT molecular complexity index is 2160. The van der Waals surface area contributed by atoms with Gasteiger partial charge in [-0.25, -0.2) is 9.59 Å². The topological polar surface area (TPSA) is 215 Å². The summed E-state index contributed by atoms with van der Waals surface area (Å²) in [5.41, 5.74) is -7.04. The van der Waals surface area contributed by atoms with Gasteiger partial charge < -0.3 is 44.7 Å². The van der Waals surface area contributed by atoms with E-state index in [0.29, 0.717) is 0 Å². The lowest BCUT2D eigenvalue weighted by Crippen LogP contribution is -2.81. The predicted octanol–water partition coefficient (Wildman–Crippen LogP) is 3.16. The van der Waals surface area contributed by atoms with Crippen LogP contribution >= 0.6 is 0 Å². The second-order valence-corrected chi connectivity index (χ2v) is 16.8. The van der Waals surface area contributed by atoms with E-state index in [2.05, 4.69) is 5.32 Å². The first kappa shape index (κ1) is 41.9. The quantitative estimate of drug-likeness (QED) is 0.120. The van der Waals surface area contributed by atoms with Gasteiger partial charge >= 0.3 is 17.9 Å². The molecule has 1 heterocycles. The van der Waals surface area contributed by atoms with Crippen LogP contribution in [0.1, 0.15) is 79.8 Å². The Morgan fingerprint density at radius 3 is 2.00 bits per heavy atom. The number of amides is 1. The number of aliphatic hydroxyl groups excluding tert-OH is 3. The van der Waals surface area contributed by atoms with E-state index in [1.165, 1.54) is 38.1 Å². The van der Waals surface area contributed by atoms with Crippen molar-refractivity contribution in [3.8, 4) is 0 Å². The molecule has 2 bridgehead atoms. The number of nitrogens with one attached hydrogen (secondary N) is 1. The molecule has 312 valence electrons. The molecule has 0 unspecified atom stereocenters. The van der Waals surface area contributed by atoms with Gasteiger partial charge in [-0.05, 0) is 54.8 Å². The van der Waals surface area contributed by atoms with E-state index in [0.717, 1.165) is 6.92 Å². The molecule has 4 aliphatic rings. The van der Waals surface area contributed by atoms with Crippen LogP contribution in [-0.2, 0) is 33.3 Å². The van der Waals surface area contributed by atoms with Crippen molar-refractivity contribution in [1.29, 1.82) is 0 Å². The maximum Gasteiger partial charge on any atom is 0.338 e. The van der Waals surface area contributed by atoms with Crippen molar-refractivity contribution >= 4 is 29.6 Å². The molecule has 1 aliphatic heterocycles. The number of ether oxygens (including phenoxy) is 4. The summed E-state index contributed by atoms with van der Waals surface area (Å²) < 4.78 is 24.3. The minimum absolute atomic E-state index is 0.0521. The molecule has 59 heavy (non-hydrogen) atoms. The third-order valence-electron chi connectivity index (χ3n) is 13.2. The maximum absolute atomic E-state index is 15.0. The van der Waals surface area contributed by atoms with E-state index >= 15 is 4.79 Å². The number of aliphatic hydroxyl groups is 4. The van der Waals surface area contributed by atoms with Crippen molar-refractivity contribution in [2.24, 2.45) is 16.7 Å². The van der Waals surface area contributed by atoms with Crippen molar-refractivity contribution in [3.63, 3.8) is 0 Å². The molecule has 3 aromatic carbocycles. The molecule has 11 atom stereocenters. The summed E-state index contributed by atoms with van der Waals surface area (Å²) in [5, 5.41) is 51.8. The third kappa shape index (κ3) is 6.76. The number of Topliss-reactive ketones (excluding diaryl/α,β-unsaturated/α-hetero) is 1. The van der Waals surface area contributed by atoms with Crippen molar-refractivity contribution in [1.82, 2.24) is 5.32 Å². The van der Waals surface area contributed by atoms with Crippen molar-refractivity contribution in [3.05, 3.63) is 119 Å². The van der Waals surface area contributed by atoms with Crippen LogP contribution < -0.4 is 5.32 Å². The zero-order valence-corrected chi connectivity index (χ0v) is 33.4. The summed E-state index contributed by atoms with van der Waals surface area (Å²) in [6, 6.07) is 22.3. The highest BCUT2D eigenvalue weighted by Gasteiger charge is 2.78. The van der Waals surface area contributed by atoms with Gasteiger partial charge in [0.2, 0.25) is 0 Å².